The summed E-state index contributed by atoms with van der Waals surface area (Å²) in [5.74, 6) is 1.04. The fourth-order valence-corrected chi connectivity index (χ4v) is 6.41. The molecule has 0 amide bonds. The van der Waals surface area contributed by atoms with Gasteiger partial charge in [-0.05, 0) is 33.1 Å². The Morgan fingerprint density at radius 3 is 2.75 bits per heavy atom. The van der Waals surface area contributed by atoms with E-state index in [1.165, 1.54) is 32.1 Å². The van der Waals surface area contributed by atoms with Gasteiger partial charge in [-0.3, -0.25) is 0 Å². The van der Waals surface area contributed by atoms with Crippen molar-refractivity contribution in [3.63, 3.8) is 0 Å². The molecule has 32 heavy (non-hydrogen) atoms. The van der Waals surface area contributed by atoms with Gasteiger partial charge in [-0.2, -0.15) is 0 Å². The second kappa shape index (κ2) is 8.96. The summed E-state index contributed by atoms with van der Waals surface area (Å²) in [5, 5.41) is 19.3. The minimum atomic E-state index is -0.904. The first-order valence-corrected chi connectivity index (χ1v) is 12.8. The number of nitrogens with zero attached hydrogens (tertiary/aromatic N) is 5. The molecule has 1 saturated heterocycles. The Kier molecular flexibility index (Phi) is 6.37. The topological polar surface area (TPSA) is 104 Å². The van der Waals surface area contributed by atoms with Crippen LogP contribution in [-0.2, 0) is 14.2 Å². The molecule has 1 unspecified atom stereocenters. The second-order valence-electron chi connectivity index (χ2n) is 9.43. The lowest BCUT2D eigenvalue weighted by Gasteiger charge is -2.24. The molecular weight excluding hydrogens is 454 g/mol. The van der Waals surface area contributed by atoms with E-state index in [-0.39, 0.29) is 24.4 Å². The number of hydrogen-bond acceptors (Lipinski definition) is 9. The molecule has 1 aliphatic heterocycles. The molecule has 176 valence electrons. The second-order valence-corrected chi connectivity index (χ2v) is 10.9. The van der Waals surface area contributed by atoms with Crippen LogP contribution in [0, 0.1) is 5.92 Å². The first-order chi connectivity index (χ1) is 15.3. The summed E-state index contributed by atoms with van der Waals surface area (Å²) in [4.78, 5) is 9.20. The molecule has 1 N–H and O–H groups in total. The molecular formula is C21H30ClN5O4S. The zero-order chi connectivity index (χ0) is 22.5. The van der Waals surface area contributed by atoms with Crippen LogP contribution in [0.5, 0.6) is 0 Å². The van der Waals surface area contributed by atoms with Crippen LogP contribution in [0.15, 0.2) is 5.16 Å². The monoisotopic (exact) mass is 483 g/mol. The molecule has 0 radical (unpaired) electrons. The fraction of sp³-hybridized carbons (Fsp3) is 0.810. The van der Waals surface area contributed by atoms with Crippen LogP contribution < -0.4 is 0 Å². The van der Waals surface area contributed by atoms with Gasteiger partial charge in [0.1, 0.15) is 12.2 Å². The van der Waals surface area contributed by atoms with E-state index < -0.39 is 12.1 Å². The van der Waals surface area contributed by atoms with Crippen LogP contribution in [0.2, 0.25) is 5.15 Å². The minimum Gasteiger partial charge on any atom is -0.368 e. The number of halogens is 1. The van der Waals surface area contributed by atoms with Crippen LogP contribution in [0.25, 0.3) is 11.2 Å². The van der Waals surface area contributed by atoms with Crippen LogP contribution in [0.1, 0.15) is 65.3 Å². The molecule has 2 aliphatic carbocycles. The lowest BCUT2D eigenvalue weighted by molar-refractivity contribution is -0.193. The first kappa shape index (κ1) is 22.7. The first-order valence-electron chi connectivity index (χ1n) is 11.4. The Morgan fingerprint density at radius 1 is 1.25 bits per heavy atom. The minimum absolute atomic E-state index is 0.210. The molecule has 3 heterocycles. The van der Waals surface area contributed by atoms with Gasteiger partial charge in [0.2, 0.25) is 0 Å². The summed E-state index contributed by atoms with van der Waals surface area (Å²) >= 11 is 8.08. The molecule has 11 heteroatoms. The average molecular weight is 484 g/mol. The quantitative estimate of drug-likeness (QED) is 0.273. The van der Waals surface area contributed by atoms with E-state index in [4.69, 9.17) is 30.8 Å². The molecule has 9 nitrogen and oxygen atoms in total. The zero-order valence-electron chi connectivity index (χ0n) is 18.6. The van der Waals surface area contributed by atoms with Gasteiger partial charge in [0.05, 0.1) is 12.1 Å². The zero-order valence-corrected chi connectivity index (χ0v) is 20.2. The van der Waals surface area contributed by atoms with Crippen molar-refractivity contribution in [2.45, 2.75) is 101 Å². The highest BCUT2D eigenvalue weighted by Gasteiger charge is 2.56. The van der Waals surface area contributed by atoms with E-state index in [1.807, 2.05) is 13.8 Å². The van der Waals surface area contributed by atoms with Gasteiger partial charge >= 0.3 is 0 Å². The number of ether oxygens (including phenoxy) is 3. The predicted molar refractivity (Wildman–Crippen MR) is 119 cm³/mol. The number of hydrogen-bond donors (Lipinski definition) is 1. The van der Waals surface area contributed by atoms with Crippen LogP contribution in [0.4, 0.5) is 0 Å². The molecule has 2 saturated carbocycles. The number of thioether (sulfide) groups is 1. The summed E-state index contributed by atoms with van der Waals surface area (Å²) < 4.78 is 19.8. The highest BCUT2D eigenvalue weighted by molar-refractivity contribution is 7.99. The van der Waals surface area contributed by atoms with E-state index in [1.54, 1.807) is 23.4 Å². The summed E-state index contributed by atoms with van der Waals surface area (Å²) in [6.45, 7) is 5.34. The van der Waals surface area contributed by atoms with Crippen molar-refractivity contribution < 1.29 is 19.3 Å². The maximum absolute atomic E-state index is 9.79. The third-order valence-corrected chi connectivity index (χ3v) is 7.71. The van der Waals surface area contributed by atoms with E-state index in [2.05, 4.69) is 15.3 Å². The third-order valence-electron chi connectivity index (χ3n) is 6.56. The van der Waals surface area contributed by atoms with E-state index >= 15 is 0 Å². The van der Waals surface area contributed by atoms with Gasteiger partial charge in [0.25, 0.3) is 0 Å². The van der Waals surface area contributed by atoms with Gasteiger partial charge in [0.15, 0.2) is 33.6 Å². The number of aromatic nitrogens is 5. The molecule has 5 rings (SSSR count). The standard InChI is InChI=1S/C21H30ClN5O4S/c1-11(28)29-14-10-13(16-17(14)31-21(2,3)30-16)27-19-15(25-26-27)18(22)23-20(24-19)32-9-8-12-6-4-5-7-12/h11-14,16-17,28H,4-10H2,1-3H3/t11?,13-,14+,16+,17-/m1/s1. The summed E-state index contributed by atoms with van der Waals surface area (Å²) in [6.07, 6.45) is 5.23. The van der Waals surface area contributed by atoms with Crippen molar-refractivity contribution in [1.82, 2.24) is 25.0 Å². The molecule has 3 fully saturated rings. The highest BCUT2D eigenvalue weighted by atomic mass is 35.5. The Bertz CT molecular complexity index is 967. The van der Waals surface area contributed by atoms with Gasteiger partial charge < -0.3 is 19.3 Å². The highest BCUT2D eigenvalue weighted by Crippen LogP contribution is 2.45. The summed E-state index contributed by atoms with van der Waals surface area (Å²) in [7, 11) is 0. The molecule has 2 aromatic rings. The lowest BCUT2D eigenvalue weighted by atomic mass is 10.1. The van der Waals surface area contributed by atoms with Crippen LogP contribution >= 0.6 is 23.4 Å². The fourth-order valence-electron chi connectivity index (χ4n) is 5.22. The third kappa shape index (κ3) is 4.50. The van der Waals surface area contributed by atoms with E-state index in [0.717, 1.165) is 11.7 Å². The largest absolute Gasteiger partial charge is 0.368 e. The summed E-state index contributed by atoms with van der Waals surface area (Å²) in [6, 6.07) is -0.210. The van der Waals surface area contributed by atoms with Crippen molar-refractivity contribution >= 4 is 34.5 Å². The number of rotatable bonds is 7. The normalized spacial score (nSPS) is 30.9. The Balaban J connectivity index is 1.40. The van der Waals surface area contributed by atoms with Gasteiger partial charge in [-0.25, -0.2) is 14.6 Å². The maximum atomic E-state index is 9.79. The Hall–Kier alpha value is -1.04. The number of fused-ring (bicyclic) bond motifs is 2. The maximum Gasteiger partial charge on any atom is 0.191 e. The molecule has 5 atom stereocenters. The molecule has 0 spiro atoms. The van der Waals surface area contributed by atoms with Gasteiger partial charge in [-0.1, -0.05) is 54.3 Å². The molecule has 3 aliphatic rings. The van der Waals surface area contributed by atoms with Crippen molar-refractivity contribution in [1.29, 1.82) is 0 Å². The van der Waals surface area contributed by atoms with Crippen molar-refractivity contribution in [3.8, 4) is 0 Å². The smallest absolute Gasteiger partial charge is 0.191 e. The van der Waals surface area contributed by atoms with Crippen LogP contribution in [-0.4, -0.2) is 66.2 Å². The molecule has 0 bridgehead atoms. The van der Waals surface area contributed by atoms with Crippen molar-refractivity contribution in [3.05, 3.63) is 5.15 Å². The number of aliphatic hydroxyl groups is 1. The summed E-state index contributed by atoms with van der Waals surface area (Å²) in [5.41, 5.74) is 1.06. The Labute approximate surface area is 196 Å². The lowest BCUT2D eigenvalue weighted by Crippen LogP contribution is -2.33. The van der Waals surface area contributed by atoms with E-state index in [9.17, 15) is 5.11 Å². The van der Waals surface area contributed by atoms with E-state index in [0.29, 0.717) is 27.9 Å². The molecule has 2 aromatic heterocycles. The molecule has 0 aromatic carbocycles. The van der Waals surface area contributed by atoms with Crippen molar-refractivity contribution in [2.75, 3.05) is 5.75 Å². The Morgan fingerprint density at radius 2 is 2.00 bits per heavy atom. The van der Waals surface area contributed by atoms with Gasteiger partial charge in [-0.15, -0.1) is 5.10 Å². The van der Waals surface area contributed by atoms with Gasteiger partial charge in [0, 0.05) is 12.2 Å². The van der Waals surface area contributed by atoms with Crippen molar-refractivity contribution in [2.24, 2.45) is 5.92 Å². The SMILES string of the molecule is CC(O)O[C@H]1C[C@@H](n2nnc3c(Cl)nc(SCCC4CCCC4)nc32)[C@@H]2OC(C)(C)O[C@@H]21. The predicted octanol–water partition coefficient (Wildman–Crippen LogP) is 3.74. The van der Waals surface area contributed by atoms with Crippen LogP contribution in [0.3, 0.4) is 0 Å². The average Bonchev–Trinajstić information content (AvgIpc) is 3.47. The number of aliphatic hydroxyl groups excluding tert-OH is 1.